The maximum atomic E-state index is 12.9. The van der Waals surface area contributed by atoms with Gasteiger partial charge in [-0.25, -0.2) is 9.18 Å². The van der Waals surface area contributed by atoms with Crippen LogP contribution in [0.3, 0.4) is 0 Å². The molecule has 0 atom stereocenters. The van der Waals surface area contributed by atoms with Crippen molar-refractivity contribution in [3.63, 3.8) is 0 Å². The highest BCUT2D eigenvalue weighted by Gasteiger charge is 2.31. The Labute approximate surface area is 101 Å². The van der Waals surface area contributed by atoms with Gasteiger partial charge < -0.3 is 4.74 Å². The van der Waals surface area contributed by atoms with Crippen LogP contribution in [-0.2, 0) is 15.7 Å². The van der Waals surface area contributed by atoms with Crippen molar-refractivity contribution in [2.45, 2.75) is 13.1 Å². The van der Waals surface area contributed by atoms with Gasteiger partial charge in [-0.3, -0.25) is 0 Å². The molecule has 0 saturated heterocycles. The van der Waals surface area contributed by atoms with E-state index in [1.165, 1.54) is 0 Å². The van der Waals surface area contributed by atoms with E-state index in [-0.39, 0.29) is 12.2 Å². The Morgan fingerprint density at radius 1 is 1.33 bits per heavy atom. The highest BCUT2D eigenvalue weighted by atomic mass is 19.4. The van der Waals surface area contributed by atoms with Crippen LogP contribution in [-0.4, -0.2) is 12.6 Å². The topological polar surface area (TPSA) is 26.3 Å². The summed E-state index contributed by atoms with van der Waals surface area (Å²) in [6, 6.07) is 1.83. The maximum Gasteiger partial charge on any atom is 0.416 e. The van der Waals surface area contributed by atoms with Gasteiger partial charge in [-0.2, -0.15) is 13.2 Å². The Morgan fingerprint density at radius 3 is 2.56 bits per heavy atom. The van der Waals surface area contributed by atoms with Gasteiger partial charge in [0.25, 0.3) is 0 Å². The summed E-state index contributed by atoms with van der Waals surface area (Å²) in [7, 11) is 0. The Balaban J connectivity index is 3.04. The number of alkyl halides is 3. The standard InChI is InChI=1S/C12H8F4O2/c1-2-18-11(17)4-3-8-5-9(12(14,15)16)7-10(13)6-8/h5-7H,2H2,1H3. The normalized spacial score (nSPS) is 10.5. The molecule has 18 heavy (non-hydrogen) atoms. The molecule has 1 aromatic rings. The molecule has 0 aliphatic heterocycles. The third-order valence-corrected chi connectivity index (χ3v) is 1.81. The molecule has 0 radical (unpaired) electrons. The Morgan fingerprint density at radius 2 is 2.00 bits per heavy atom. The van der Waals surface area contributed by atoms with E-state index in [2.05, 4.69) is 10.7 Å². The van der Waals surface area contributed by atoms with E-state index < -0.39 is 23.5 Å². The number of carbonyl (C=O) groups excluding carboxylic acids is 1. The van der Waals surface area contributed by atoms with Crippen molar-refractivity contribution < 1.29 is 27.1 Å². The number of hydrogen-bond donors (Lipinski definition) is 0. The first kappa shape index (κ1) is 14.0. The van der Waals surface area contributed by atoms with Gasteiger partial charge in [0.1, 0.15) is 5.82 Å². The molecular formula is C12H8F4O2. The zero-order valence-electron chi connectivity index (χ0n) is 9.27. The summed E-state index contributed by atoms with van der Waals surface area (Å²) in [6.07, 6.45) is -4.66. The van der Waals surface area contributed by atoms with Crippen LogP contribution in [0.1, 0.15) is 18.1 Å². The van der Waals surface area contributed by atoms with Gasteiger partial charge in [-0.05, 0) is 25.1 Å². The second kappa shape index (κ2) is 5.54. The number of ether oxygens (including phenoxy) is 1. The number of esters is 1. The molecule has 1 aromatic carbocycles. The first-order valence-electron chi connectivity index (χ1n) is 4.89. The van der Waals surface area contributed by atoms with Crippen LogP contribution < -0.4 is 0 Å². The molecular weight excluding hydrogens is 252 g/mol. The van der Waals surface area contributed by atoms with Crippen molar-refractivity contribution >= 4 is 5.97 Å². The lowest BCUT2D eigenvalue weighted by atomic mass is 10.1. The van der Waals surface area contributed by atoms with Crippen LogP contribution in [0.25, 0.3) is 0 Å². The van der Waals surface area contributed by atoms with Crippen molar-refractivity contribution in [3.8, 4) is 11.8 Å². The molecule has 0 aromatic heterocycles. The van der Waals surface area contributed by atoms with E-state index >= 15 is 0 Å². The van der Waals surface area contributed by atoms with Crippen molar-refractivity contribution in [1.29, 1.82) is 0 Å². The largest absolute Gasteiger partial charge is 0.456 e. The number of halogens is 4. The van der Waals surface area contributed by atoms with E-state index in [1.807, 2.05) is 5.92 Å². The van der Waals surface area contributed by atoms with Crippen LogP contribution in [0.4, 0.5) is 17.6 Å². The van der Waals surface area contributed by atoms with Crippen molar-refractivity contribution in [1.82, 2.24) is 0 Å². The van der Waals surface area contributed by atoms with Gasteiger partial charge in [0.05, 0.1) is 12.2 Å². The molecule has 0 aliphatic rings. The predicted octanol–water partition coefficient (Wildman–Crippen LogP) is 2.76. The molecule has 0 bridgehead atoms. The molecule has 0 heterocycles. The highest BCUT2D eigenvalue weighted by Crippen LogP contribution is 2.30. The van der Waals surface area contributed by atoms with Crippen LogP contribution in [0.2, 0.25) is 0 Å². The van der Waals surface area contributed by atoms with E-state index in [0.29, 0.717) is 12.1 Å². The molecule has 0 aliphatic carbocycles. The van der Waals surface area contributed by atoms with Gasteiger partial charge >= 0.3 is 12.1 Å². The van der Waals surface area contributed by atoms with E-state index in [1.54, 1.807) is 6.92 Å². The summed E-state index contributed by atoms with van der Waals surface area (Å²) in [5, 5.41) is 0. The third-order valence-electron chi connectivity index (χ3n) is 1.81. The number of hydrogen-bond acceptors (Lipinski definition) is 2. The monoisotopic (exact) mass is 260 g/mol. The average molecular weight is 260 g/mol. The lowest BCUT2D eigenvalue weighted by molar-refractivity contribution is -0.138. The van der Waals surface area contributed by atoms with E-state index in [9.17, 15) is 22.4 Å². The quantitative estimate of drug-likeness (QED) is 0.441. The van der Waals surface area contributed by atoms with Crippen LogP contribution in [0, 0.1) is 17.7 Å². The Kier molecular flexibility index (Phi) is 4.32. The van der Waals surface area contributed by atoms with E-state index in [4.69, 9.17) is 0 Å². The van der Waals surface area contributed by atoms with Crippen LogP contribution in [0.15, 0.2) is 18.2 Å². The van der Waals surface area contributed by atoms with Crippen molar-refractivity contribution in [2.75, 3.05) is 6.61 Å². The fourth-order valence-electron chi connectivity index (χ4n) is 1.12. The molecule has 1 rings (SSSR count). The Bertz CT molecular complexity index is 509. The van der Waals surface area contributed by atoms with E-state index in [0.717, 1.165) is 6.07 Å². The van der Waals surface area contributed by atoms with Crippen LogP contribution in [0.5, 0.6) is 0 Å². The fraction of sp³-hybridized carbons (Fsp3) is 0.250. The van der Waals surface area contributed by atoms with Gasteiger partial charge in [0.15, 0.2) is 0 Å². The lowest BCUT2D eigenvalue weighted by Gasteiger charge is -2.06. The number of benzene rings is 1. The molecule has 96 valence electrons. The summed E-state index contributed by atoms with van der Waals surface area (Å²) in [5.74, 6) is 2.13. The van der Waals surface area contributed by atoms with Gasteiger partial charge in [0.2, 0.25) is 0 Å². The second-order valence-corrected chi connectivity index (χ2v) is 3.20. The zero-order chi connectivity index (χ0) is 13.8. The molecule has 6 heteroatoms. The third kappa shape index (κ3) is 4.09. The molecule has 2 nitrogen and oxygen atoms in total. The minimum absolute atomic E-state index is 0.102. The predicted molar refractivity (Wildman–Crippen MR) is 54.9 cm³/mol. The Hall–Kier alpha value is -2.03. The molecule has 0 unspecified atom stereocenters. The van der Waals surface area contributed by atoms with Gasteiger partial charge in [-0.1, -0.05) is 5.92 Å². The van der Waals surface area contributed by atoms with Gasteiger partial charge in [0, 0.05) is 11.5 Å². The average Bonchev–Trinajstić information content (AvgIpc) is 2.25. The summed E-state index contributed by atoms with van der Waals surface area (Å²) in [5.41, 5.74) is -1.40. The zero-order valence-corrected chi connectivity index (χ0v) is 9.27. The minimum atomic E-state index is -4.66. The van der Waals surface area contributed by atoms with Crippen LogP contribution >= 0.6 is 0 Å². The first-order valence-corrected chi connectivity index (χ1v) is 4.89. The first-order chi connectivity index (χ1) is 8.32. The SMILES string of the molecule is CCOC(=O)C#Cc1cc(F)cc(C(F)(F)F)c1. The molecule has 0 spiro atoms. The van der Waals surface area contributed by atoms with Crippen molar-refractivity contribution in [3.05, 3.63) is 35.1 Å². The minimum Gasteiger partial charge on any atom is -0.456 e. The summed E-state index contributed by atoms with van der Waals surface area (Å²) in [6.45, 7) is 1.66. The summed E-state index contributed by atoms with van der Waals surface area (Å²) in [4.78, 5) is 10.9. The molecule has 0 N–H and O–H groups in total. The van der Waals surface area contributed by atoms with Gasteiger partial charge in [-0.15, -0.1) is 0 Å². The summed E-state index contributed by atoms with van der Waals surface area (Å²) < 4.78 is 54.5. The second-order valence-electron chi connectivity index (χ2n) is 3.20. The molecule has 0 saturated carbocycles. The van der Waals surface area contributed by atoms with Crippen molar-refractivity contribution in [2.24, 2.45) is 0 Å². The highest BCUT2D eigenvalue weighted by molar-refractivity contribution is 5.89. The number of carbonyl (C=O) groups is 1. The number of rotatable bonds is 1. The fourth-order valence-corrected chi connectivity index (χ4v) is 1.12. The summed E-state index contributed by atoms with van der Waals surface area (Å²) >= 11 is 0. The smallest absolute Gasteiger partial charge is 0.416 e. The lowest BCUT2D eigenvalue weighted by Crippen LogP contribution is -2.06. The maximum absolute atomic E-state index is 12.9. The molecule has 0 fully saturated rings. The molecule has 0 amide bonds.